The molecule has 10 heteroatoms. The van der Waals surface area contributed by atoms with Crippen LogP contribution in [0.5, 0.6) is 0 Å². The van der Waals surface area contributed by atoms with Crippen molar-refractivity contribution >= 4 is 44.5 Å². The summed E-state index contributed by atoms with van der Waals surface area (Å²) in [7, 11) is -1.93. The van der Waals surface area contributed by atoms with Crippen LogP contribution in [0, 0.1) is 11.8 Å². The van der Waals surface area contributed by atoms with Gasteiger partial charge >= 0.3 is 0 Å². The van der Waals surface area contributed by atoms with Crippen LogP contribution in [0.4, 0.5) is 11.4 Å². The van der Waals surface area contributed by atoms with Gasteiger partial charge in [0.05, 0.1) is 16.3 Å². The Labute approximate surface area is 260 Å². The Hall–Kier alpha value is -3.37. The van der Waals surface area contributed by atoms with Crippen LogP contribution >= 0.6 is 11.3 Å². The molecule has 1 fully saturated rings. The van der Waals surface area contributed by atoms with Crippen LogP contribution in [0.3, 0.4) is 0 Å². The molecule has 1 saturated carbocycles. The highest BCUT2D eigenvalue weighted by Crippen LogP contribution is 2.30. The molecule has 2 aromatic carbocycles. The zero-order valence-electron chi connectivity index (χ0n) is 25.3. The monoisotopic (exact) mass is 624 g/mol. The third-order valence-corrected chi connectivity index (χ3v) is 10.3. The summed E-state index contributed by atoms with van der Waals surface area (Å²) in [6, 6.07) is 17.1. The first-order chi connectivity index (χ1) is 20.6. The Bertz CT molecular complexity index is 1440. The number of hydrogen-bond acceptors (Lipinski definition) is 7. The molecule has 1 aliphatic carbocycles. The minimum absolute atomic E-state index is 0.0302. The van der Waals surface area contributed by atoms with E-state index in [0.29, 0.717) is 18.0 Å². The van der Waals surface area contributed by atoms with Crippen molar-refractivity contribution in [2.24, 2.45) is 11.8 Å². The van der Waals surface area contributed by atoms with Gasteiger partial charge in [-0.15, -0.1) is 11.3 Å². The maximum Gasteiger partial charge on any atom is 0.264 e. The molecule has 3 N–H and O–H groups in total. The molecule has 2 amide bonds. The summed E-state index contributed by atoms with van der Waals surface area (Å²) in [4.78, 5) is 30.1. The number of thiophene rings is 1. The molecule has 1 atom stereocenters. The van der Waals surface area contributed by atoms with Gasteiger partial charge in [0.15, 0.2) is 0 Å². The van der Waals surface area contributed by atoms with Crippen molar-refractivity contribution in [3.05, 3.63) is 76.5 Å². The van der Waals surface area contributed by atoms with Crippen molar-refractivity contribution in [3.63, 3.8) is 0 Å². The van der Waals surface area contributed by atoms with Crippen LogP contribution in [0.1, 0.15) is 74.0 Å². The molecule has 0 bridgehead atoms. The van der Waals surface area contributed by atoms with Crippen molar-refractivity contribution < 1.29 is 18.0 Å². The number of nitrogens with zero attached hydrogens (tertiary/aromatic N) is 1. The third-order valence-electron chi connectivity index (χ3n) is 7.99. The number of nitrogens with one attached hydrogen (secondary N) is 3. The number of amides is 2. The summed E-state index contributed by atoms with van der Waals surface area (Å²) in [5, 5.41) is 8.68. The van der Waals surface area contributed by atoms with Crippen molar-refractivity contribution in [2.75, 3.05) is 23.8 Å². The zero-order chi connectivity index (χ0) is 30.8. The van der Waals surface area contributed by atoms with Crippen LogP contribution in [0.2, 0.25) is 0 Å². The third kappa shape index (κ3) is 9.56. The molecule has 8 nitrogen and oxygen atoms in total. The Morgan fingerprint density at radius 3 is 2.42 bits per heavy atom. The van der Waals surface area contributed by atoms with Gasteiger partial charge < -0.3 is 15.5 Å². The van der Waals surface area contributed by atoms with E-state index in [0.717, 1.165) is 56.4 Å². The SMILES string of the molecule is CC(C)CCN(C)c1ccc(C(=O)NC(CC(=O)NS(=O)(=O)c2ccccc2)C2CCCCC2)cc1NCc1cccs1. The minimum atomic E-state index is -3.99. The van der Waals surface area contributed by atoms with E-state index in [1.54, 1.807) is 29.5 Å². The van der Waals surface area contributed by atoms with Crippen LogP contribution in [0.15, 0.2) is 70.9 Å². The summed E-state index contributed by atoms with van der Waals surface area (Å²) >= 11 is 1.68. The fraction of sp³-hybridized carbons (Fsp3) is 0.455. The molecule has 1 unspecified atom stereocenters. The van der Waals surface area contributed by atoms with Crippen LogP contribution in [-0.2, 0) is 21.4 Å². The molecule has 0 radical (unpaired) electrons. The van der Waals surface area contributed by atoms with Gasteiger partial charge in [0.25, 0.3) is 15.9 Å². The predicted octanol–water partition coefficient (Wildman–Crippen LogP) is 6.42. The first-order valence-corrected chi connectivity index (χ1v) is 17.5. The summed E-state index contributed by atoms with van der Waals surface area (Å²) in [5.74, 6) is -0.225. The average molecular weight is 625 g/mol. The molecule has 4 rings (SSSR count). The summed E-state index contributed by atoms with van der Waals surface area (Å²) in [6.07, 6.45) is 5.88. The lowest BCUT2D eigenvalue weighted by Crippen LogP contribution is -2.45. The Kier molecular flexibility index (Phi) is 11.6. The van der Waals surface area contributed by atoms with Crippen LogP contribution < -0.4 is 20.3 Å². The van der Waals surface area contributed by atoms with Crippen molar-refractivity contribution in [1.82, 2.24) is 10.0 Å². The van der Waals surface area contributed by atoms with Gasteiger partial charge in [0.1, 0.15) is 0 Å². The molecule has 1 heterocycles. The normalized spacial score (nSPS) is 14.7. The number of hydrogen-bond donors (Lipinski definition) is 3. The van der Waals surface area contributed by atoms with Gasteiger partial charge in [-0.25, -0.2) is 13.1 Å². The number of anilines is 2. The lowest BCUT2D eigenvalue weighted by Gasteiger charge is -2.31. The fourth-order valence-electron chi connectivity index (χ4n) is 5.49. The van der Waals surface area contributed by atoms with E-state index >= 15 is 0 Å². The van der Waals surface area contributed by atoms with E-state index in [4.69, 9.17) is 0 Å². The van der Waals surface area contributed by atoms with Gasteiger partial charge in [-0.3, -0.25) is 9.59 Å². The average Bonchev–Trinajstić information content (AvgIpc) is 3.53. The molecule has 0 saturated heterocycles. The highest BCUT2D eigenvalue weighted by Gasteiger charge is 2.29. The summed E-state index contributed by atoms with van der Waals surface area (Å²) in [6.45, 7) is 5.95. The number of rotatable bonds is 14. The number of sulfonamides is 1. The minimum Gasteiger partial charge on any atom is -0.378 e. The molecular formula is C33H44N4O4S2. The van der Waals surface area contributed by atoms with E-state index in [-0.39, 0.29) is 23.1 Å². The van der Waals surface area contributed by atoms with Gasteiger partial charge in [-0.2, -0.15) is 0 Å². The number of carbonyl (C=O) groups excluding carboxylic acids is 2. The van der Waals surface area contributed by atoms with E-state index in [1.807, 2.05) is 29.6 Å². The quantitative estimate of drug-likeness (QED) is 0.191. The Balaban J connectivity index is 1.52. The van der Waals surface area contributed by atoms with Crippen LogP contribution in [0.25, 0.3) is 0 Å². The molecule has 43 heavy (non-hydrogen) atoms. The fourth-order valence-corrected chi connectivity index (χ4v) is 7.15. The van der Waals surface area contributed by atoms with Gasteiger partial charge in [0, 0.05) is 43.0 Å². The highest BCUT2D eigenvalue weighted by molar-refractivity contribution is 7.90. The first-order valence-electron chi connectivity index (χ1n) is 15.2. The van der Waals surface area contributed by atoms with Crippen LogP contribution in [-0.4, -0.2) is 39.9 Å². The standard InChI is InChI=1S/C33H44N4O4S2/c1-24(2)18-19-37(3)31-17-16-26(21-30(31)34-23-27-13-10-20-42-27)33(39)35-29(25-11-6-4-7-12-25)22-32(38)36-43(40,41)28-14-8-5-9-15-28/h5,8-10,13-17,20-21,24-25,29,34H,4,6-7,11-12,18-19,22-23H2,1-3H3,(H,35,39)(H,36,38). The maximum absolute atomic E-state index is 13.7. The summed E-state index contributed by atoms with van der Waals surface area (Å²) in [5.41, 5.74) is 2.38. The van der Waals surface area contributed by atoms with Crippen molar-refractivity contribution in [2.45, 2.75) is 76.3 Å². The molecule has 0 aliphatic heterocycles. The Morgan fingerprint density at radius 1 is 1.00 bits per heavy atom. The number of carbonyl (C=O) groups is 2. The second-order valence-electron chi connectivity index (χ2n) is 11.8. The second-order valence-corrected chi connectivity index (χ2v) is 14.5. The maximum atomic E-state index is 13.7. The first kappa shape index (κ1) is 32.5. The van der Waals surface area contributed by atoms with Crippen molar-refractivity contribution in [3.8, 4) is 0 Å². The summed E-state index contributed by atoms with van der Waals surface area (Å²) < 4.78 is 27.7. The molecule has 232 valence electrons. The van der Waals surface area contributed by atoms with Gasteiger partial charge in [-0.05, 0) is 72.9 Å². The Morgan fingerprint density at radius 2 is 1.74 bits per heavy atom. The molecule has 3 aromatic rings. The van der Waals surface area contributed by atoms with E-state index in [9.17, 15) is 18.0 Å². The topological polar surface area (TPSA) is 108 Å². The molecule has 0 spiro atoms. The molecule has 1 aliphatic rings. The van der Waals surface area contributed by atoms with Gasteiger partial charge in [-0.1, -0.05) is 57.4 Å². The highest BCUT2D eigenvalue weighted by atomic mass is 32.2. The van der Waals surface area contributed by atoms with E-state index in [1.165, 1.54) is 17.0 Å². The molecular weight excluding hydrogens is 581 g/mol. The van der Waals surface area contributed by atoms with Gasteiger partial charge in [0.2, 0.25) is 5.91 Å². The zero-order valence-corrected chi connectivity index (χ0v) is 27.0. The number of benzene rings is 2. The lowest BCUT2D eigenvalue weighted by atomic mass is 9.82. The smallest absolute Gasteiger partial charge is 0.264 e. The van der Waals surface area contributed by atoms with E-state index < -0.39 is 22.0 Å². The predicted molar refractivity (Wildman–Crippen MR) is 175 cm³/mol. The molecule has 1 aromatic heterocycles. The van der Waals surface area contributed by atoms with E-state index in [2.05, 4.69) is 47.2 Å². The largest absolute Gasteiger partial charge is 0.378 e. The lowest BCUT2D eigenvalue weighted by molar-refractivity contribution is -0.120. The van der Waals surface area contributed by atoms with Crippen molar-refractivity contribution in [1.29, 1.82) is 0 Å². The second kappa shape index (κ2) is 15.4.